The van der Waals surface area contributed by atoms with Crippen molar-refractivity contribution in [3.8, 4) is 11.1 Å². The molecule has 3 rings (SSSR count). The summed E-state index contributed by atoms with van der Waals surface area (Å²) in [5.74, 6) is -0.503. The third-order valence-electron chi connectivity index (χ3n) is 3.53. The molecule has 0 radical (unpaired) electrons. The molecule has 1 heterocycles. The van der Waals surface area contributed by atoms with E-state index in [-0.39, 0.29) is 12.5 Å². The molecular weight excluding hydrogens is 293 g/mol. The van der Waals surface area contributed by atoms with Gasteiger partial charge in [0.2, 0.25) is 0 Å². The standard InChI is InChI=1S/C16H13ClFNO2/c1-19-15-4-2-3-13(14(15)8-21-9-16(19)20)10-5-11(17)7-12(18)6-10/h2-7H,8-9H2,1H3. The zero-order chi connectivity index (χ0) is 15.0. The van der Waals surface area contributed by atoms with Crippen LogP contribution in [0.5, 0.6) is 0 Å². The first-order valence-corrected chi connectivity index (χ1v) is 6.87. The molecule has 0 N–H and O–H groups in total. The number of nitrogens with zero attached hydrogens (tertiary/aromatic N) is 1. The normalized spacial score (nSPS) is 14.8. The van der Waals surface area contributed by atoms with Crippen molar-refractivity contribution in [1.29, 1.82) is 0 Å². The highest BCUT2D eigenvalue weighted by Gasteiger charge is 2.21. The van der Waals surface area contributed by atoms with E-state index >= 15 is 0 Å². The maximum atomic E-state index is 13.6. The molecule has 0 fully saturated rings. The molecule has 1 amide bonds. The summed E-state index contributed by atoms with van der Waals surface area (Å²) in [6, 6.07) is 9.95. The number of rotatable bonds is 1. The van der Waals surface area contributed by atoms with Crippen LogP contribution in [0.2, 0.25) is 5.02 Å². The van der Waals surface area contributed by atoms with Crippen LogP contribution in [0.4, 0.5) is 10.1 Å². The summed E-state index contributed by atoms with van der Waals surface area (Å²) in [6.07, 6.45) is 0. The van der Waals surface area contributed by atoms with Crippen LogP contribution < -0.4 is 4.90 Å². The highest BCUT2D eigenvalue weighted by atomic mass is 35.5. The number of hydrogen-bond acceptors (Lipinski definition) is 2. The number of carbonyl (C=O) groups is 1. The first-order chi connectivity index (χ1) is 10.1. The first kappa shape index (κ1) is 14.0. The van der Waals surface area contributed by atoms with Gasteiger partial charge < -0.3 is 9.64 Å². The number of ether oxygens (including phenoxy) is 1. The van der Waals surface area contributed by atoms with Crippen LogP contribution in [0, 0.1) is 5.82 Å². The Balaban J connectivity index is 2.19. The highest BCUT2D eigenvalue weighted by Crippen LogP contribution is 2.34. The summed E-state index contributed by atoms with van der Waals surface area (Å²) in [7, 11) is 1.71. The van der Waals surface area contributed by atoms with Crippen molar-refractivity contribution in [2.75, 3.05) is 18.6 Å². The lowest BCUT2D eigenvalue weighted by Gasteiger charge is -2.19. The molecule has 3 nitrogen and oxygen atoms in total. The van der Waals surface area contributed by atoms with E-state index in [2.05, 4.69) is 0 Å². The molecule has 0 saturated carbocycles. The molecule has 0 unspecified atom stereocenters. The molecule has 1 aliphatic heterocycles. The van der Waals surface area contributed by atoms with Crippen LogP contribution in [0.25, 0.3) is 11.1 Å². The van der Waals surface area contributed by atoms with E-state index in [1.807, 2.05) is 18.2 Å². The summed E-state index contributed by atoms with van der Waals surface area (Å²) in [5.41, 5.74) is 3.11. The smallest absolute Gasteiger partial charge is 0.252 e. The average molecular weight is 306 g/mol. The highest BCUT2D eigenvalue weighted by molar-refractivity contribution is 6.30. The Morgan fingerprint density at radius 1 is 1.24 bits per heavy atom. The number of likely N-dealkylation sites (N-methyl/N-ethyl adjacent to an activating group) is 1. The van der Waals surface area contributed by atoms with E-state index in [0.29, 0.717) is 17.2 Å². The van der Waals surface area contributed by atoms with Gasteiger partial charge in [0.25, 0.3) is 5.91 Å². The first-order valence-electron chi connectivity index (χ1n) is 6.49. The van der Waals surface area contributed by atoms with E-state index in [9.17, 15) is 9.18 Å². The minimum Gasteiger partial charge on any atom is -0.367 e. The van der Waals surface area contributed by atoms with Gasteiger partial charge in [-0.15, -0.1) is 0 Å². The van der Waals surface area contributed by atoms with E-state index in [0.717, 1.165) is 16.8 Å². The van der Waals surface area contributed by atoms with Gasteiger partial charge in [0.1, 0.15) is 12.4 Å². The van der Waals surface area contributed by atoms with E-state index in [4.69, 9.17) is 16.3 Å². The summed E-state index contributed by atoms with van der Waals surface area (Å²) in [4.78, 5) is 13.4. The van der Waals surface area contributed by atoms with Crippen molar-refractivity contribution in [2.45, 2.75) is 6.61 Å². The maximum Gasteiger partial charge on any atom is 0.252 e. The van der Waals surface area contributed by atoms with Crippen LogP contribution in [-0.4, -0.2) is 19.6 Å². The van der Waals surface area contributed by atoms with E-state index in [1.165, 1.54) is 12.1 Å². The zero-order valence-corrected chi connectivity index (χ0v) is 12.2. The number of amides is 1. The lowest BCUT2D eigenvalue weighted by atomic mass is 9.98. The lowest BCUT2D eigenvalue weighted by Crippen LogP contribution is -2.28. The summed E-state index contributed by atoms with van der Waals surface area (Å²) in [6.45, 7) is 0.338. The van der Waals surface area contributed by atoms with Crippen molar-refractivity contribution < 1.29 is 13.9 Å². The molecule has 2 aromatic rings. The van der Waals surface area contributed by atoms with Gasteiger partial charge in [-0.2, -0.15) is 0 Å². The lowest BCUT2D eigenvalue weighted by molar-refractivity contribution is -0.122. The Bertz CT molecular complexity index is 697. The summed E-state index contributed by atoms with van der Waals surface area (Å²) >= 11 is 5.93. The molecule has 0 saturated heterocycles. The molecule has 0 aromatic heterocycles. The van der Waals surface area contributed by atoms with Crippen LogP contribution in [0.15, 0.2) is 36.4 Å². The molecule has 0 aliphatic carbocycles. The van der Waals surface area contributed by atoms with Gasteiger partial charge >= 0.3 is 0 Å². The van der Waals surface area contributed by atoms with E-state index < -0.39 is 5.82 Å². The molecule has 108 valence electrons. The molecule has 21 heavy (non-hydrogen) atoms. The molecule has 5 heteroatoms. The minimum absolute atomic E-state index is 0.0362. The zero-order valence-electron chi connectivity index (χ0n) is 11.4. The number of anilines is 1. The predicted molar refractivity (Wildman–Crippen MR) is 79.9 cm³/mol. The monoisotopic (exact) mass is 305 g/mol. The Labute approximate surface area is 126 Å². The van der Waals surface area contributed by atoms with Crippen LogP contribution in [-0.2, 0) is 16.1 Å². The van der Waals surface area contributed by atoms with Crippen molar-refractivity contribution in [2.24, 2.45) is 0 Å². The van der Waals surface area contributed by atoms with Crippen LogP contribution in [0.3, 0.4) is 0 Å². The van der Waals surface area contributed by atoms with Gasteiger partial charge in [0, 0.05) is 23.3 Å². The van der Waals surface area contributed by atoms with Crippen molar-refractivity contribution in [3.63, 3.8) is 0 Å². The Morgan fingerprint density at radius 2 is 2.05 bits per heavy atom. The van der Waals surface area contributed by atoms with Crippen molar-refractivity contribution >= 4 is 23.2 Å². The fourth-order valence-electron chi connectivity index (χ4n) is 2.49. The maximum absolute atomic E-state index is 13.6. The van der Waals surface area contributed by atoms with Gasteiger partial charge in [-0.25, -0.2) is 4.39 Å². The fraction of sp³-hybridized carbons (Fsp3) is 0.188. The second-order valence-electron chi connectivity index (χ2n) is 4.91. The molecular formula is C16H13ClFNO2. The molecule has 0 spiro atoms. The summed E-state index contributed by atoms with van der Waals surface area (Å²) < 4.78 is 19.0. The van der Waals surface area contributed by atoms with Crippen molar-refractivity contribution in [3.05, 3.63) is 52.8 Å². The number of halogens is 2. The van der Waals surface area contributed by atoms with Crippen LogP contribution >= 0.6 is 11.6 Å². The summed E-state index contributed by atoms with van der Waals surface area (Å²) in [5, 5.41) is 0.335. The Morgan fingerprint density at radius 3 is 2.81 bits per heavy atom. The minimum atomic E-state index is -0.394. The Kier molecular flexibility index (Phi) is 3.66. The average Bonchev–Trinajstić information content (AvgIpc) is 2.58. The number of benzene rings is 2. The SMILES string of the molecule is CN1C(=O)COCc2c(-c3cc(F)cc(Cl)c3)cccc21. The number of fused-ring (bicyclic) bond motifs is 1. The van der Waals surface area contributed by atoms with Crippen LogP contribution in [0.1, 0.15) is 5.56 Å². The second-order valence-corrected chi connectivity index (χ2v) is 5.34. The van der Waals surface area contributed by atoms with Gasteiger partial charge in [0.05, 0.1) is 6.61 Å². The number of hydrogen-bond donors (Lipinski definition) is 0. The molecule has 0 bridgehead atoms. The molecule has 0 atom stereocenters. The van der Waals surface area contributed by atoms with E-state index in [1.54, 1.807) is 18.0 Å². The third kappa shape index (κ3) is 2.64. The van der Waals surface area contributed by atoms with Gasteiger partial charge in [-0.3, -0.25) is 4.79 Å². The number of carbonyl (C=O) groups excluding carboxylic acids is 1. The van der Waals surface area contributed by atoms with Crippen molar-refractivity contribution in [1.82, 2.24) is 0 Å². The molecule has 2 aromatic carbocycles. The van der Waals surface area contributed by atoms with Gasteiger partial charge in [0.15, 0.2) is 0 Å². The quantitative estimate of drug-likeness (QED) is 0.805. The predicted octanol–water partition coefficient (Wildman–Crippen LogP) is 3.64. The topological polar surface area (TPSA) is 29.5 Å². The van der Waals surface area contributed by atoms with Gasteiger partial charge in [-0.05, 0) is 35.4 Å². The molecule has 1 aliphatic rings. The Hall–Kier alpha value is -1.91. The third-order valence-corrected chi connectivity index (χ3v) is 3.75. The fourth-order valence-corrected chi connectivity index (χ4v) is 2.71. The second kappa shape index (κ2) is 5.47. The largest absolute Gasteiger partial charge is 0.367 e. The van der Waals surface area contributed by atoms with Gasteiger partial charge in [-0.1, -0.05) is 23.7 Å².